The minimum Gasteiger partial charge on any atom is -0.468 e. The first kappa shape index (κ1) is 14.8. The molecule has 1 heterocycles. The van der Waals surface area contributed by atoms with Crippen LogP contribution in [0.15, 0.2) is 45.9 Å². The van der Waals surface area contributed by atoms with E-state index in [9.17, 15) is 8.42 Å². The zero-order valence-electron chi connectivity index (χ0n) is 11.5. The average Bonchev–Trinajstić information content (AvgIpc) is 2.92. The van der Waals surface area contributed by atoms with E-state index in [2.05, 4.69) is 10.0 Å². The van der Waals surface area contributed by atoms with Crippen LogP contribution in [-0.2, 0) is 23.1 Å². The van der Waals surface area contributed by atoms with Gasteiger partial charge in [-0.3, -0.25) is 0 Å². The maximum atomic E-state index is 12.3. The van der Waals surface area contributed by atoms with Crippen LogP contribution in [0.4, 0.5) is 0 Å². The summed E-state index contributed by atoms with van der Waals surface area (Å²) in [6, 6.07) is 8.87. The highest BCUT2D eigenvalue weighted by atomic mass is 32.2. The Hall–Kier alpha value is -1.63. The first-order valence-electron chi connectivity index (χ1n) is 6.29. The lowest BCUT2D eigenvalue weighted by Gasteiger charge is -2.10. The van der Waals surface area contributed by atoms with Crippen LogP contribution >= 0.6 is 0 Å². The van der Waals surface area contributed by atoms with Crippen LogP contribution in [0.3, 0.4) is 0 Å². The number of furan rings is 1. The Morgan fingerprint density at radius 2 is 2.00 bits per heavy atom. The van der Waals surface area contributed by atoms with E-state index in [1.54, 1.807) is 25.1 Å². The van der Waals surface area contributed by atoms with Crippen molar-refractivity contribution in [2.75, 3.05) is 7.05 Å². The third-order valence-electron chi connectivity index (χ3n) is 2.94. The van der Waals surface area contributed by atoms with Crippen molar-refractivity contribution >= 4 is 10.0 Å². The largest absolute Gasteiger partial charge is 0.468 e. The lowest BCUT2D eigenvalue weighted by atomic mass is 10.1. The van der Waals surface area contributed by atoms with Gasteiger partial charge in [-0.1, -0.05) is 12.1 Å². The predicted molar refractivity (Wildman–Crippen MR) is 76.7 cm³/mol. The summed E-state index contributed by atoms with van der Waals surface area (Å²) in [6.45, 7) is 2.55. The number of aryl methyl sites for hydroxylation is 1. The molecule has 0 unspecified atom stereocenters. The number of benzene rings is 1. The second-order valence-electron chi connectivity index (χ2n) is 4.53. The van der Waals surface area contributed by atoms with E-state index >= 15 is 0 Å². The minimum absolute atomic E-state index is 0.144. The van der Waals surface area contributed by atoms with E-state index < -0.39 is 10.0 Å². The van der Waals surface area contributed by atoms with Gasteiger partial charge in [0.2, 0.25) is 10.0 Å². The average molecular weight is 294 g/mol. The number of nitrogens with one attached hydrogen (secondary N) is 2. The molecule has 0 atom stereocenters. The summed E-state index contributed by atoms with van der Waals surface area (Å²) in [5.74, 6) is 0.581. The first-order valence-corrected chi connectivity index (χ1v) is 7.77. The maximum absolute atomic E-state index is 12.3. The molecule has 1 aromatic carbocycles. The second-order valence-corrected chi connectivity index (χ2v) is 6.27. The Labute approximate surface area is 119 Å². The summed E-state index contributed by atoms with van der Waals surface area (Å²) in [5, 5.41) is 3.01. The topological polar surface area (TPSA) is 71.3 Å². The second kappa shape index (κ2) is 6.21. The van der Waals surface area contributed by atoms with E-state index in [1.807, 2.05) is 19.2 Å². The van der Waals surface area contributed by atoms with Crippen molar-refractivity contribution in [1.82, 2.24) is 10.0 Å². The molecule has 2 rings (SSSR count). The third-order valence-corrected chi connectivity index (χ3v) is 4.48. The first-order chi connectivity index (χ1) is 9.53. The Kier molecular flexibility index (Phi) is 4.59. The highest BCUT2D eigenvalue weighted by molar-refractivity contribution is 7.89. The van der Waals surface area contributed by atoms with E-state index in [1.165, 1.54) is 6.26 Å². The summed E-state index contributed by atoms with van der Waals surface area (Å²) in [7, 11) is -1.72. The SMILES string of the molecule is CNCc1ccc(C)c(S(=O)(=O)NCc2ccco2)c1. The zero-order chi connectivity index (χ0) is 14.6. The monoisotopic (exact) mass is 294 g/mol. The van der Waals surface area contributed by atoms with Gasteiger partial charge in [0.05, 0.1) is 17.7 Å². The number of hydrogen-bond acceptors (Lipinski definition) is 4. The summed E-state index contributed by atoms with van der Waals surface area (Å²) < 4.78 is 32.3. The van der Waals surface area contributed by atoms with Crippen LogP contribution in [0.1, 0.15) is 16.9 Å². The van der Waals surface area contributed by atoms with Crippen LogP contribution in [0.2, 0.25) is 0 Å². The highest BCUT2D eigenvalue weighted by Crippen LogP contribution is 2.17. The molecule has 108 valence electrons. The van der Waals surface area contributed by atoms with Crippen LogP contribution < -0.4 is 10.0 Å². The molecule has 0 saturated heterocycles. The summed E-state index contributed by atoms with van der Waals surface area (Å²) in [4.78, 5) is 0.303. The molecule has 1 aromatic heterocycles. The van der Waals surface area contributed by atoms with Crippen molar-refractivity contribution in [2.45, 2.75) is 24.9 Å². The Morgan fingerprint density at radius 1 is 1.20 bits per heavy atom. The van der Waals surface area contributed by atoms with E-state index in [4.69, 9.17) is 4.42 Å². The van der Waals surface area contributed by atoms with Crippen molar-refractivity contribution < 1.29 is 12.8 Å². The molecule has 0 spiro atoms. The molecule has 0 aliphatic carbocycles. The van der Waals surface area contributed by atoms with Crippen molar-refractivity contribution in [2.24, 2.45) is 0 Å². The summed E-state index contributed by atoms with van der Waals surface area (Å²) >= 11 is 0. The molecule has 2 N–H and O–H groups in total. The fourth-order valence-electron chi connectivity index (χ4n) is 1.91. The Bertz CT molecular complexity index is 664. The van der Waals surface area contributed by atoms with E-state index in [0.717, 1.165) is 11.1 Å². The Morgan fingerprint density at radius 3 is 2.65 bits per heavy atom. The standard InChI is InChI=1S/C14H18N2O3S/c1-11-5-6-12(9-15-2)8-14(11)20(17,18)16-10-13-4-3-7-19-13/h3-8,15-16H,9-10H2,1-2H3. The van der Waals surface area contributed by atoms with Gasteiger partial charge in [0.1, 0.15) is 5.76 Å². The molecule has 0 aliphatic heterocycles. The molecule has 5 nitrogen and oxygen atoms in total. The van der Waals surface area contributed by atoms with Gasteiger partial charge >= 0.3 is 0 Å². The van der Waals surface area contributed by atoms with Gasteiger partial charge in [-0.25, -0.2) is 13.1 Å². The van der Waals surface area contributed by atoms with Gasteiger partial charge in [-0.05, 0) is 43.3 Å². The molecule has 0 fully saturated rings. The van der Waals surface area contributed by atoms with E-state index in [-0.39, 0.29) is 6.54 Å². The molecule has 0 amide bonds. The summed E-state index contributed by atoms with van der Waals surface area (Å²) in [5.41, 5.74) is 1.65. The van der Waals surface area contributed by atoms with Gasteiger partial charge in [0.25, 0.3) is 0 Å². The molecule has 20 heavy (non-hydrogen) atoms. The molecule has 0 bridgehead atoms. The van der Waals surface area contributed by atoms with Crippen LogP contribution in [0.5, 0.6) is 0 Å². The van der Waals surface area contributed by atoms with Gasteiger partial charge in [-0.15, -0.1) is 0 Å². The van der Waals surface area contributed by atoms with Crippen molar-refractivity contribution in [3.8, 4) is 0 Å². The molecule has 6 heteroatoms. The smallest absolute Gasteiger partial charge is 0.241 e. The van der Waals surface area contributed by atoms with Crippen LogP contribution in [0.25, 0.3) is 0 Å². The lowest BCUT2D eigenvalue weighted by Crippen LogP contribution is -2.24. The number of rotatable bonds is 6. The van der Waals surface area contributed by atoms with Gasteiger partial charge in [0, 0.05) is 6.54 Å². The minimum atomic E-state index is -3.55. The molecule has 2 aromatic rings. The number of sulfonamides is 1. The van der Waals surface area contributed by atoms with Crippen LogP contribution in [0, 0.1) is 6.92 Å². The third kappa shape index (κ3) is 3.47. The van der Waals surface area contributed by atoms with Gasteiger partial charge < -0.3 is 9.73 Å². The molecular weight excluding hydrogens is 276 g/mol. The lowest BCUT2D eigenvalue weighted by molar-refractivity contribution is 0.498. The zero-order valence-corrected chi connectivity index (χ0v) is 12.3. The molecule has 0 radical (unpaired) electrons. The van der Waals surface area contributed by atoms with Gasteiger partial charge in [0.15, 0.2) is 0 Å². The van der Waals surface area contributed by atoms with Crippen LogP contribution in [-0.4, -0.2) is 15.5 Å². The van der Waals surface area contributed by atoms with Crippen molar-refractivity contribution in [3.63, 3.8) is 0 Å². The van der Waals surface area contributed by atoms with Gasteiger partial charge in [-0.2, -0.15) is 0 Å². The van der Waals surface area contributed by atoms with Crippen molar-refractivity contribution in [1.29, 1.82) is 0 Å². The summed E-state index contributed by atoms with van der Waals surface area (Å²) in [6.07, 6.45) is 1.52. The quantitative estimate of drug-likeness (QED) is 0.852. The maximum Gasteiger partial charge on any atom is 0.241 e. The normalized spacial score (nSPS) is 11.7. The van der Waals surface area contributed by atoms with E-state index in [0.29, 0.717) is 17.2 Å². The van der Waals surface area contributed by atoms with Crippen molar-refractivity contribution in [3.05, 3.63) is 53.5 Å². The molecular formula is C14H18N2O3S. The fourth-order valence-corrected chi connectivity index (χ4v) is 3.19. The molecule has 0 aliphatic rings. The fraction of sp³-hybridized carbons (Fsp3) is 0.286. The highest BCUT2D eigenvalue weighted by Gasteiger charge is 2.17. The predicted octanol–water partition coefficient (Wildman–Crippen LogP) is 1.79. The molecule has 0 saturated carbocycles. The number of hydrogen-bond donors (Lipinski definition) is 2. The Balaban J connectivity index is 2.21.